The average molecular weight is 273 g/mol. The molecule has 1 aromatic heterocycles. The molecule has 0 amide bonds. The van der Waals surface area contributed by atoms with Gasteiger partial charge in [-0.1, -0.05) is 31.2 Å². The van der Waals surface area contributed by atoms with Gasteiger partial charge in [-0.3, -0.25) is 4.68 Å². The molecule has 1 unspecified atom stereocenters. The number of aromatic nitrogens is 2. The summed E-state index contributed by atoms with van der Waals surface area (Å²) in [6.45, 7) is 8.06. The number of rotatable bonds is 6. The van der Waals surface area contributed by atoms with E-state index in [1.165, 1.54) is 11.1 Å². The van der Waals surface area contributed by atoms with E-state index in [9.17, 15) is 0 Å². The second-order valence-corrected chi connectivity index (χ2v) is 4.76. The van der Waals surface area contributed by atoms with E-state index in [0.29, 0.717) is 0 Å². The van der Waals surface area contributed by atoms with Gasteiger partial charge >= 0.3 is 0 Å². The molecule has 108 valence electrons. The van der Waals surface area contributed by atoms with E-state index in [0.717, 1.165) is 24.5 Å². The molecule has 0 radical (unpaired) electrons. The van der Waals surface area contributed by atoms with Gasteiger partial charge in [0.1, 0.15) is 5.69 Å². The van der Waals surface area contributed by atoms with Crippen molar-refractivity contribution in [2.24, 2.45) is 0 Å². The highest BCUT2D eigenvalue weighted by Gasteiger charge is 2.23. The molecule has 0 aliphatic heterocycles. The van der Waals surface area contributed by atoms with Gasteiger partial charge in [0.25, 0.3) is 0 Å². The maximum atomic E-state index is 5.49. The van der Waals surface area contributed by atoms with Crippen molar-refractivity contribution >= 4 is 0 Å². The molecular weight excluding hydrogens is 250 g/mol. The van der Waals surface area contributed by atoms with Crippen LogP contribution in [0, 0.1) is 6.92 Å². The monoisotopic (exact) mass is 273 g/mol. The zero-order valence-electron chi connectivity index (χ0n) is 12.7. The highest BCUT2D eigenvalue weighted by Crippen LogP contribution is 2.31. The number of methoxy groups -OCH3 is 1. The number of hydrogen-bond donors (Lipinski definition) is 1. The average Bonchev–Trinajstić information content (AvgIpc) is 2.88. The maximum absolute atomic E-state index is 5.49. The van der Waals surface area contributed by atoms with Crippen LogP contribution in [-0.4, -0.2) is 23.4 Å². The van der Waals surface area contributed by atoms with Crippen molar-refractivity contribution in [3.05, 3.63) is 47.3 Å². The Labute approximate surface area is 120 Å². The van der Waals surface area contributed by atoms with Crippen LogP contribution in [0.25, 0.3) is 0 Å². The van der Waals surface area contributed by atoms with Gasteiger partial charge in [0.2, 0.25) is 0 Å². The summed E-state index contributed by atoms with van der Waals surface area (Å²) < 4.78 is 7.49. The Balaban J connectivity index is 2.54. The van der Waals surface area contributed by atoms with E-state index in [1.54, 1.807) is 13.3 Å². The van der Waals surface area contributed by atoms with Crippen molar-refractivity contribution in [3.63, 3.8) is 0 Å². The van der Waals surface area contributed by atoms with Crippen molar-refractivity contribution in [1.82, 2.24) is 15.1 Å². The lowest BCUT2D eigenvalue weighted by Gasteiger charge is -2.22. The van der Waals surface area contributed by atoms with Crippen molar-refractivity contribution in [1.29, 1.82) is 0 Å². The first-order valence-corrected chi connectivity index (χ1v) is 7.11. The van der Waals surface area contributed by atoms with Gasteiger partial charge in [0, 0.05) is 6.54 Å². The molecule has 2 aromatic rings. The molecule has 1 heterocycles. The van der Waals surface area contributed by atoms with E-state index in [4.69, 9.17) is 4.74 Å². The first kappa shape index (κ1) is 14.6. The highest BCUT2D eigenvalue weighted by atomic mass is 16.5. The molecule has 0 aliphatic rings. The van der Waals surface area contributed by atoms with E-state index < -0.39 is 0 Å². The van der Waals surface area contributed by atoms with Crippen molar-refractivity contribution in [2.45, 2.75) is 33.4 Å². The Kier molecular flexibility index (Phi) is 4.79. The van der Waals surface area contributed by atoms with Crippen LogP contribution < -0.4 is 10.1 Å². The minimum atomic E-state index is 0.0959. The van der Waals surface area contributed by atoms with Crippen LogP contribution in [-0.2, 0) is 6.54 Å². The molecule has 1 atom stereocenters. The van der Waals surface area contributed by atoms with Crippen molar-refractivity contribution in [2.75, 3.05) is 13.7 Å². The predicted molar refractivity (Wildman–Crippen MR) is 81.2 cm³/mol. The summed E-state index contributed by atoms with van der Waals surface area (Å²) in [4.78, 5) is 0. The molecule has 0 saturated carbocycles. The predicted octanol–water partition coefficient (Wildman–Crippen LogP) is 2.92. The molecule has 0 spiro atoms. The molecule has 4 nitrogen and oxygen atoms in total. The van der Waals surface area contributed by atoms with Crippen LogP contribution in [0.5, 0.6) is 5.75 Å². The zero-order chi connectivity index (χ0) is 14.5. The highest BCUT2D eigenvalue weighted by molar-refractivity contribution is 5.39. The number of benzene rings is 1. The lowest BCUT2D eigenvalue weighted by molar-refractivity contribution is 0.399. The van der Waals surface area contributed by atoms with Gasteiger partial charge in [0.05, 0.1) is 19.3 Å². The Morgan fingerprint density at radius 3 is 2.65 bits per heavy atom. The van der Waals surface area contributed by atoms with Crippen LogP contribution in [0.4, 0.5) is 0 Å². The van der Waals surface area contributed by atoms with Crippen molar-refractivity contribution < 1.29 is 4.74 Å². The quantitative estimate of drug-likeness (QED) is 0.879. The van der Waals surface area contributed by atoms with E-state index in [-0.39, 0.29) is 6.04 Å². The van der Waals surface area contributed by atoms with Gasteiger partial charge in [-0.25, -0.2) is 0 Å². The summed E-state index contributed by atoms with van der Waals surface area (Å²) in [5.74, 6) is 0.834. The SMILES string of the molecule is CCNC(c1ccccc1C)c1c(OC)cnn1CC. The first-order valence-electron chi connectivity index (χ1n) is 7.11. The Morgan fingerprint density at radius 1 is 1.30 bits per heavy atom. The van der Waals surface area contributed by atoms with Crippen LogP contribution in [0.1, 0.15) is 36.7 Å². The number of ether oxygens (including phenoxy) is 1. The minimum absolute atomic E-state index is 0.0959. The second-order valence-electron chi connectivity index (χ2n) is 4.76. The molecule has 0 saturated heterocycles. The molecule has 0 bridgehead atoms. The molecule has 1 N–H and O–H groups in total. The summed E-state index contributed by atoms with van der Waals surface area (Å²) in [6.07, 6.45) is 1.79. The van der Waals surface area contributed by atoms with Gasteiger partial charge in [-0.2, -0.15) is 5.10 Å². The van der Waals surface area contributed by atoms with E-state index in [2.05, 4.69) is 55.5 Å². The lowest BCUT2D eigenvalue weighted by atomic mass is 9.98. The summed E-state index contributed by atoms with van der Waals surface area (Å²) >= 11 is 0. The third-order valence-corrected chi connectivity index (χ3v) is 3.55. The Bertz CT molecular complexity index is 541. The van der Waals surface area contributed by atoms with Gasteiger partial charge < -0.3 is 10.1 Å². The van der Waals surface area contributed by atoms with Gasteiger partial charge in [0.15, 0.2) is 5.75 Å². The molecule has 0 fully saturated rings. The molecule has 1 aromatic carbocycles. The van der Waals surface area contributed by atoms with Gasteiger partial charge in [-0.15, -0.1) is 0 Å². The molecule has 20 heavy (non-hydrogen) atoms. The summed E-state index contributed by atoms with van der Waals surface area (Å²) in [5, 5.41) is 7.97. The van der Waals surface area contributed by atoms with E-state index in [1.807, 2.05) is 4.68 Å². The van der Waals surface area contributed by atoms with Crippen LogP contribution in [0.3, 0.4) is 0 Å². The fourth-order valence-corrected chi connectivity index (χ4v) is 2.55. The molecule has 0 aliphatic carbocycles. The zero-order valence-corrected chi connectivity index (χ0v) is 12.7. The van der Waals surface area contributed by atoms with Crippen LogP contribution >= 0.6 is 0 Å². The molecule has 4 heteroatoms. The smallest absolute Gasteiger partial charge is 0.161 e. The molecule has 2 rings (SSSR count). The summed E-state index contributed by atoms with van der Waals surface area (Å²) in [6, 6.07) is 8.54. The van der Waals surface area contributed by atoms with Crippen molar-refractivity contribution in [3.8, 4) is 5.75 Å². The third kappa shape index (κ3) is 2.70. The second kappa shape index (κ2) is 6.57. The largest absolute Gasteiger partial charge is 0.493 e. The number of nitrogens with one attached hydrogen (secondary N) is 1. The summed E-state index contributed by atoms with van der Waals surface area (Å²) in [5.41, 5.74) is 3.62. The summed E-state index contributed by atoms with van der Waals surface area (Å²) in [7, 11) is 1.70. The first-order chi connectivity index (χ1) is 9.72. The topological polar surface area (TPSA) is 39.1 Å². The van der Waals surface area contributed by atoms with Gasteiger partial charge in [-0.05, 0) is 31.5 Å². The van der Waals surface area contributed by atoms with E-state index >= 15 is 0 Å². The normalized spacial score (nSPS) is 12.4. The maximum Gasteiger partial charge on any atom is 0.161 e. The number of hydrogen-bond acceptors (Lipinski definition) is 3. The standard InChI is InChI=1S/C16H23N3O/c1-5-17-15(13-10-8-7-9-12(13)3)16-14(20-4)11-18-19(16)6-2/h7-11,15,17H,5-6H2,1-4H3. The van der Waals surface area contributed by atoms with Crippen LogP contribution in [0.2, 0.25) is 0 Å². The fraction of sp³-hybridized carbons (Fsp3) is 0.438. The van der Waals surface area contributed by atoms with Crippen LogP contribution in [0.15, 0.2) is 30.5 Å². The Morgan fingerprint density at radius 2 is 2.05 bits per heavy atom. The lowest BCUT2D eigenvalue weighted by Crippen LogP contribution is -2.26. The number of nitrogens with zero attached hydrogens (tertiary/aromatic N) is 2. The Hall–Kier alpha value is -1.81. The fourth-order valence-electron chi connectivity index (χ4n) is 2.55. The number of aryl methyl sites for hydroxylation is 2. The molecular formula is C16H23N3O. The third-order valence-electron chi connectivity index (χ3n) is 3.55. The minimum Gasteiger partial charge on any atom is -0.493 e.